The predicted octanol–water partition coefficient (Wildman–Crippen LogP) is 1.42. The lowest BCUT2D eigenvalue weighted by Crippen LogP contribution is -2.08. The molecular weight excluding hydrogens is 164 g/mol. The van der Waals surface area contributed by atoms with Crippen molar-refractivity contribution in [1.29, 1.82) is 0 Å². The van der Waals surface area contributed by atoms with Gasteiger partial charge in [-0.05, 0) is 30.0 Å². The third-order valence-corrected chi connectivity index (χ3v) is 2.13. The first-order valence-electron chi connectivity index (χ1n) is 4.06. The number of aromatic amines is 1. The van der Waals surface area contributed by atoms with E-state index >= 15 is 0 Å². The zero-order valence-electron chi connectivity index (χ0n) is 7.29. The Kier molecular flexibility index (Phi) is 1.59. The van der Waals surface area contributed by atoms with Crippen molar-refractivity contribution < 1.29 is 0 Å². The Morgan fingerprint density at radius 1 is 1.31 bits per heavy atom. The summed E-state index contributed by atoms with van der Waals surface area (Å²) in [7, 11) is 0. The summed E-state index contributed by atoms with van der Waals surface area (Å²) in [6.45, 7) is 1.96. The fraction of sp³-hybridized carbons (Fsp3) is 0.100. The molecule has 0 amide bonds. The fourth-order valence-corrected chi connectivity index (χ4v) is 1.46. The molecule has 2 aromatic rings. The molecule has 0 spiro atoms. The van der Waals surface area contributed by atoms with Crippen LogP contribution in [-0.2, 0) is 0 Å². The molecule has 1 aromatic carbocycles. The summed E-state index contributed by atoms with van der Waals surface area (Å²) in [5.74, 6) is 0.409. The van der Waals surface area contributed by atoms with Gasteiger partial charge in [-0.25, -0.2) is 0 Å². The number of rotatable bonds is 0. The molecule has 66 valence electrons. The SMILES string of the molecule is Cc1cccc2c(=O)[nH]c(N)cc12. The molecule has 0 unspecified atom stereocenters. The number of pyridine rings is 1. The van der Waals surface area contributed by atoms with Gasteiger partial charge in [0.05, 0.1) is 0 Å². The van der Waals surface area contributed by atoms with Crippen molar-refractivity contribution in [2.45, 2.75) is 6.92 Å². The van der Waals surface area contributed by atoms with E-state index < -0.39 is 0 Å². The van der Waals surface area contributed by atoms with Crippen LogP contribution in [0.2, 0.25) is 0 Å². The fourth-order valence-electron chi connectivity index (χ4n) is 1.46. The van der Waals surface area contributed by atoms with E-state index in [1.54, 1.807) is 12.1 Å². The minimum Gasteiger partial charge on any atom is -0.385 e. The molecule has 1 heterocycles. The number of nitrogen functional groups attached to an aromatic ring is 1. The molecule has 0 radical (unpaired) electrons. The molecule has 0 bridgehead atoms. The number of hydrogen-bond acceptors (Lipinski definition) is 2. The molecule has 0 saturated carbocycles. The lowest BCUT2D eigenvalue weighted by atomic mass is 10.1. The zero-order valence-corrected chi connectivity index (χ0v) is 7.29. The molecule has 0 aliphatic carbocycles. The second-order valence-electron chi connectivity index (χ2n) is 3.09. The Morgan fingerprint density at radius 3 is 2.85 bits per heavy atom. The number of aromatic nitrogens is 1. The highest BCUT2D eigenvalue weighted by atomic mass is 16.1. The van der Waals surface area contributed by atoms with Crippen molar-refractivity contribution in [3.8, 4) is 0 Å². The minimum absolute atomic E-state index is 0.126. The molecule has 3 nitrogen and oxygen atoms in total. The molecule has 1 aromatic heterocycles. The normalized spacial score (nSPS) is 10.5. The number of nitrogens with one attached hydrogen (secondary N) is 1. The topological polar surface area (TPSA) is 58.9 Å². The number of anilines is 1. The number of hydrogen-bond donors (Lipinski definition) is 2. The molecule has 2 rings (SSSR count). The third-order valence-electron chi connectivity index (χ3n) is 2.13. The van der Waals surface area contributed by atoms with Crippen molar-refractivity contribution in [3.63, 3.8) is 0 Å². The molecule has 3 heteroatoms. The number of benzene rings is 1. The highest BCUT2D eigenvalue weighted by Gasteiger charge is 2.00. The van der Waals surface area contributed by atoms with Crippen molar-refractivity contribution in [1.82, 2.24) is 4.98 Å². The van der Waals surface area contributed by atoms with Crippen LogP contribution in [0.3, 0.4) is 0 Å². The maximum Gasteiger partial charge on any atom is 0.257 e. The third kappa shape index (κ3) is 1.18. The summed E-state index contributed by atoms with van der Waals surface area (Å²) in [4.78, 5) is 14.0. The van der Waals surface area contributed by atoms with Gasteiger partial charge in [0.2, 0.25) is 0 Å². The number of fused-ring (bicyclic) bond motifs is 1. The van der Waals surface area contributed by atoms with Crippen LogP contribution in [0.1, 0.15) is 5.56 Å². The van der Waals surface area contributed by atoms with Gasteiger partial charge < -0.3 is 10.7 Å². The van der Waals surface area contributed by atoms with E-state index in [0.717, 1.165) is 10.9 Å². The van der Waals surface area contributed by atoms with Gasteiger partial charge in [0.25, 0.3) is 5.56 Å². The second-order valence-corrected chi connectivity index (χ2v) is 3.09. The Labute approximate surface area is 75.2 Å². The standard InChI is InChI=1S/C10H10N2O/c1-6-3-2-4-7-8(6)5-9(11)12-10(7)13/h2-5H,1H3,(H3,11,12,13). The monoisotopic (exact) mass is 174 g/mol. The first kappa shape index (κ1) is 7.86. The van der Waals surface area contributed by atoms with Gasteiger partial charge in [0.15, 0.2) is 0 Å². The maximum absolute atomic E-state index is 11.4. The smallest absolute Gasteiger partial charge is 0.257 e. The summed E-state index contributed by atoms with van der Waals surface area (Å²) in [6, 6.07) is 7.40. The molecular formula is C10H10N2O. The molecule has 3 N–H and O–H groups in total. The van der Waals surface area contributed by atoms with Crippen LogP contribution in [0.5, 0.6) is 0 Å². The zero-order chi connectivity index (χ0) is 9.42. The summed E-state index contributed by atoms with van der Waals surface area (Å²) in [5, 5.41) is 1.61. The van der Waals surface area contributed by atoms with Gasteiger partial charge in [-0.2, -0.15) is 0 Å². The van der Waals surface area contributed by atoms with E-state index in [2.05, 4.69) is 4.98 Å². The first-order chi connectivity index (χ1) is 6.18. The van der Waals surface area contributed by atoms with E-state index in [9.17, 15) is 4.79 Å². The summed E-state index contributed by atoms with van der Waals surface area (Å²) in [6.07, 6.45) is 0. The van der Waals surface area contributed by atoms with E-state index in [1.807, 2.05) is 19.1 Å². The lowest BCUT2D eigenvalue weighted by Gasteiger charge is -2.01. The molecule has 13 heavy (non-hydrogen) atoms. The second kappa shape index (κ2) is 2.62. The van der Waals surface area contributed by atoms with Crippen molar-refractivity contribution in [2.75, 3.05) is 5.73 Å². The molecule has 0 atom stereocenters. The summed E-state index contributed by atoms with van der Waals surface area (Å²) >= 11 is 0. The van der Waals surface area contributed by atoms with Gasteiger partial charge in [0, 0.05) is 5.39 Å². The van der Waals surface area contributed by atoms with Crippen molar-refractivity contribution >= 4 is 16.6 Å². The van der Waals surface area contributed by atoms with Crippen LogP contribution in [0, 0.1) is 6.92 Å². The lowest BCUT2D eigenvalue weighted by molar-refractivity contribution is 1.28. The Morgan fingerprint density at radius 2 is 2.08 bits per heavy atom. The van der Waals surface area contributed by atoms with E-state index in [-0.39, 0.29) is 5.56 Å². The Balaban J connectivity index is 3.03. The van der Waals surface area contributed by atoms with Crippen molar-refractivity contribution in [3.05, 3.63) is 40.2 Å². The van der Waals surface area contributed by atoms with Crippen LogP contribution < -0.4 is 11.3 Å². The van der Waals surface area contributed by atoms with Gasteiger partial charge in [-0.15, -0.1) is 0 Å². The molecule has 0 aliphatic rings. The highest BCUT2D eigenvalue weighted by molar-refractivity contribution is 5.86. The predicted molar refractivity (Wildman–Crippen MR) is 53.7 cm³/mol. The summed E-state index contributed by atoms with van der Waals surface area (Å²) in [5.41, 5.74) is 6.48. The molecule has 0 saturated heterocycles. The van der Waals surface area contributed by atoms with Crippen LogP contribution >= 0.6 is 0 Å². The van der Waals surface area contributed by atoms with Gasteiger partial charge in [0.1, 0.15) is 5.82 Å². The van der Waals surface area contributed by atoms with Gasteiger partial charge in [-0.3, -0.25) is 4.79 Å². The molecule has 0 aliphatic heterocycles. The summed E-state index contributed by atoms with van der Waals surface area (Å²) < 4.78 is 0. The van der Waals surface area contributed by atoms with E-state index in [0.29, 0.717) is 11.2 Å². The van der Waals surface area contributed by atoms with E-state index in [1.165, 1.54) is 0 Å². The largest absolute Gasteiger partial charge is 0.385 e. The van der Waals surface area contributed by atoms with Gasteiger partial charge >= 0.3 is 0 Å². The van der Waals surface area contributed by atoms with Crippen LogP contribution in [-0.4, -0.2) is 4.98 Å². The Hall–Kier alpha value is -1.77. The average Bonchev–Trinajstić information content (AvgIpc) is 2.07. The number of H-pyrrole nitrogens is 1. The average molecular weight is 174 g/mol. The van der Waals surface area contributed by atoms with E-state index in [4.69, 9.17) is 5.73 Å². The van der Waals surface area contributed by atoms with Crippen LogP contribution in [0.15, 0.2) is 29.1 Å². The van der Waals surface area contributed by atoms with Crippen molar-refractivity contribution in [2.24, 2.45) is 0 Å². The minimum atomic E-state index is -0.126. The highest BCUT2D eigenvalue weighted by Crippen LogP contribution is 2.15. The first-order valence-corrected chi connectivity index (χ1v) is 4.06. The van der Waals surface area contributed by atoms with Gasteiger partial charge in [-0.1, -0.05) is 12.1 Å². The molecule has 0 fully saturated rings. The van der Waals surface area contributed by atoms with Crippen LogP contribution in [0.4, 0.5) is 5.82 Å². The number of aryl methyl sites for hydroxylation is 1. The quantitative estimate of drug-likeness (QED) is 0.634. The maximum atomic E-state index is 11.4. The number of nitrogens with two attached hydrogens (primary N) is 1. The Bertz CT molecular complexity index is 514. The van der Waals surface area contributed by atoms with Crippen LogP contribution in [0.25, 0.3) is 10.8 Å².